The molecule has 188 valence electrons. The number of carboxylic acids is 1. The number of allylic oxidation sites excluding steroid dienone is 2. The van der Waals surface area contributed by atoms with E-state index in [4.69, 9.17) is 0 Å². The average Bonchev–Trinajstić information content (AvgIpc) is 3.25. The molecule has 4 nitrogen and oxygen atoms in total. The Bertz CT molecular complexity index is 908. The van der Waals surface area contributed by atoms with Crippen LogP contribution in [0.3, 0.4) is 0 Å². The molecule has 2 saturated carbocycles. The van der Waals surface area contributed by atoms with Crippen LogP contribution in [0.2, 0.25) is 0 Å². The molecule has 2 fully saturated rings. The van der Waals surface area contributed by atoms with Crippen molar-refractivity contribution in [3.05, 3.63) is 21.9 Å². The van der Waals surface area contributed by atoms with Gasteiger partial charge in [-0.1, -0.05) is 33.8 Å². The maximum absolute atomic E-state index is 14.1. The molecule has 34 heavy (non-hydrogen) atoms. The highest BCUT2D eigenvalue weighted by Gasteiger charge is 2.39. The molecule has 4 rings (SSSR count). The van der Waals surface area contributed by atoms with Crippen LogP contribution < -0.4 is 4.90 Å². The zero-order valence-corrected chi connectivity index (χ0v) is 22.4. The molecule has 0 saturated heterocycles. The van der Waals surface area contributed by atoms with E-state index in [1.807, 2.05) is 11.0 Å². The van der Waals surface area contributed by atoms with Gasteiger partial charge in [-0.15, -0.1) is 11.3 Å². The molecule has 1 N–H and O–H groups in total. The van der Waals surface area contributed by atoms with Crippen LogP contribution in [0.15, 0.2) is 12.1 Å². The lowest BCUT2D eigenvalue weighted by Gasteiger charge is -2.42. The van der Waals surface area contributed by atoms with Crippen LogP contribution in [0, 0.1) is 23.2 Å². The van der Waals surface area contributed by atoms with Crippen LogP contribution in [-0.4, -0.2) is 23.0 Å². The number of nitrogens with zero attached hydrogens (tertiary/aromatic N) is 1. The number of thiophene rings is 1. The fourth-order valence-corrected chi connectivity index (χ4v) is 7.39. The highest BCUT2D eigenvalue weighted by molar-refractivity contribution is 7.15. The highest BCUT2D eigenvalue weighted by atomic mass is 32.1. The third kappa shape index (κ3) is 5.61. The third-order valence-electron chi connectivity index (χ3n) is 8.66. The van der Waals surface area contributed by atoms with Crippen molar-refractivity contribution in [2.45, 2.75) is 111 Å². The van der Waals surface area contributed by atoms with Gasteiger partial charge in [0.25, 0.3) is 0 Å². The number of carbonyl (C=O) groups excluding carboxylic acids is 1. The van der Waals surface area contributed by atoms with Crippen LogP contribution in [0.5, 0.6) is 0 Å². The van der Waals surface area contributed by atoms with Crippen molar-refractivity contribution in [3.63, 3.8) is 0 Å². The van der Waals surface area contributed by atoms with Crippen molar-refractivity contribution in [1.29, 1.82) is 0 Å². The Morgan fingerprint density at radius 1 is 1.00 bits per heavy atom. The quantitative estimate of drug-likeness (QED) is 0.457. The van der Waals surface area contributed by atoms with Crippen molar-refractivity contribution in [3.8, 4) is 0 Å². The molecule has 0 unspecified atom stereocenters. The summed E-state index contributed by atoms with van der Waals surface area (Å²) in [5, 5.41) is 10.2. The van der Waals surface area contributed by atoms with E-state index in [0.717, 1.165) is 75.5 Å². The summed E-state index contributed by atoms with van der Waals surface area (Å²) in [4.78, 5) is 29.8. The molecular formula is C29H43NO3S. The predicted octanol–water partition coefficient (Wildman–Crippen LogP) is 8.17. The Balaban J connectivity index is 1.68. The molecule has 1 aromatic heterocycles. The average molecular weight is 486 g/mol. The second kappa shape index (κ2) is 10.6. The minimum atomic E-state index is -0.902. The number of hydrogen-bond donors (Lipinski definition) is 1. The summed E-state index contributed by atoms with van der Waals surface area (Å²) in [5.41, 5.74) is 2.20. The maximum atomic E-state index is 14.1. The van der Waals surface area contributed by atoms with Crippen LogP contribution in [0.1, 0.15) is 119 Å². The van der Waals surface area contributed by atoms with E-state index in [0.29, 0.717) is 22.4 Å². The standard InChI is InChI=1S/C29H43NO3S/c1-19-10-12-21(13-11-19)27(31)30(23-16-14-22(15-17-23)29(2,3)4)24-18-25(34-26(24)28(32)33)20-8-6-5-7-9-20/h8,18-19,21-23H,5-7,9-17H2,1-4H3,(H,32,33)/t19-,21-,22-,23-. The molecular weight excluding hydrogens is 442 g/mol. The van der Waals surface area contributed by atoms with Crippen molar-refractivity contribution in [1.82, 2.24) is 0 Å². The molecule has 5 heteroatoms. The number of carbonyl (C=O) groups is 2. The zero-order chi connectivity index (χ0) is 24.5. The van der Waals surface area contributed by atoms with Crippen molar-refractivity contribution >= 4 is 34.5 Å². The summed E-state index contributed by atoms with van der Waals surface area (Å²) in [5.74, 6) is 0.632. The summed E-state index contributed by atoms with van der Waals surface area (Å²) >= 11 is 1.37. The SMILES string of the molecule is CC(C)(C)[C@H]1CC[C@H](N(c2cc(C3=CCCCC3)sc2C(=O)O)C(=O)[C@H]2CC[C@H](C)CC2)CC1. The minimum Gasteiger partial charge on any atom is -0.477 e. The Labute approximate surface area is 209 Å². The van der Waals surface area contributed by atoms with Gasteiger partial charge < -0.3 is 10.0 Å². The first-order valence-electron chi connectivity index (χ1n) is 13.5. The van der Waals surface area contributed by atoms with Gasteiger partial charge in [0.1, 0.15) is 4.88 Å². The first-order valence-corrected chi connectivity index (χ1v) is 14.4. The van der Waals surface area contributed by atoms with E-state index in [2.05, 4.69) is 33.8 Å². The van der Waals surface area contributed by atoms with Crippen molar-refractivity contribution in [2.24, 2.45) is 23.2 Å². The second-order valence-electron chi connectivity index (χ2n) is 12.1. The molecule has 0 atom stereocenters. The highest BCUT2D eigenvalue weighted by Crippen LogP contribution is 2.44. The first-order chi connectivity index (χ1) is 16.1. The monoisotopic (exact) mass is 485 g/mol. The largest absolute Gasteiger partial charge is 0.477 e. The van der Waals surface area contributed by atoms with E-state index in [1.54, 1.807) is 0 Å². The molecule has 0 aliphatic heterocycles. The molecule has 0 radical (unpaired) electrons. The lowest BCUT2D eigenvalue weighted by Crippen LogP contribution is -2.47. The lowest BCUT2D eigenvalue weighted by molar-refractivity contribution is -0.124. The van der Waals surface area contributed by atoms with Gasteiger partial charge in [-0.3, -0.25) is 4.79 Å². The maximum Gasteiger partial charge on any atom is 0.348 e. The summed E-state index contributed by atoms with van der Waals surface area (Å²) in [6, 6.07) is 2.15. The van der Waals surface area contributed by atoms with Gasteiger partial charge >= 0.3 is 5.97 Å². The normalized spacial score (nSPS) is 28.3. The third-order valence-corrected chi connectivity index (χ3v) is 9.85. The van der Waals surface area contributed by atoms with E-state index in [-0.39, 0.29) is 23.3 Å². The smallest absolute Gasteiger partial charge is 0.348 e. The predicted molar refractivity (Wildman–Crippen MR) is 142 cm³/mol. The number of anilines is 1. The Morgan fingerprint density at radius 2 is 1.68 bits per heavy atom. The summed E-state index contributed by atoms with van der Waals surface area (Å²) in [7, 11) is 0. The molecule has 1 heterocycles. The number of rotatable bonds is 5. The van der Waals surface area contributed by atoms with Gasteiger partial charge in [0.2, 0.25) is 5.91 Å². The molecule has 0 aromatic carbocycles. The van der Waals surface area contributed by atoms with Crippen molar-refractivity contribution < 1.29 is 14.7 Å². The number of amides is 1. The molecule has 1 aromatic rings. The van der Waals surface area contributed by atoms with Gasteiger partial charge in [-0.25, -0.2) is 4.79 Å². The Morgan fingerprint density at radius 3 is 2.24 bits per heavy atom. The van der Waals surface area contributed by atoms with Gasteiger partial charge in [-0.2, -0.15) is 0 Å². The lowest BCUT2D eigenvalue weighted by atomic mass is 9.71. The Kier molecular flexibility index (Phi) is 7.91. The van der Waals surface area contributed by atoms with Crippen LogP contribution in [0.25, 0.3) is 5.57 Å². The van der Waals surface area contributed by atoms with E-state index in [1.165, 1.54) is 23.3 Å². The van der Waals surface area contributed by atoms with Crippen LogP contribution in [-0.2, 0) is 4.79 Å². The number of aromatic carboxylic acids is 1. The fourth-order valence-electron chi connectivity index (χ4n) is 6.33. The van der Waals surface area contributed by atoms with E-state index in [9.17, 15) is 14.7 Å². The summed E-state index contributed by atoms with van der Waals surface area (Å²) < 4.78 is 0. The molecule has 0 spiro atoms. The van der Waals surface area contributed by atoms with Gasteiger partial charge in [0, 0.05) is 16.8 Å². The van der Waals surface area contributed by atoms with Gasteiger partial charge in [-0.05, 0) is 106 Å². The summed E-state index contributed by atoms with van der Waals surface area (Å²) in [6.45, 7) is 9.22. The van der Waals surface area contributed by atoms with Gasteiger partial charge in [0.05, 0.1) is 5.69 Å². The minimum absolute atomic E-state index is 0.0235. The molecule has 1 amide bonds. The molecule has 0 bridgehead atoms. The van der Waals surface area contributed by atoms with Crippen molar-refractivity contribution in [2.75, 3.05) is 4.90 Å². The number of carboxylic acid groups (broad SMARTS) is 1. The second-order valence-corrected chi connectivity index (χ2v) is 13.2. The van der Waals surface area contributed by atoms with E-state index < -0.39 is 5.97 Å². The topological polar surface area (TPSA) is 57.6 Å². The van der Waals surface area contributed by atoms with Gasteiger partial charge in [0.15, 0.2) is 0 Å². The molecule has 3 aliphatic carbocycles. The Hall–Kier alpha value is -1.62. The summed E-state index contributed by atoms with van der Waals surface area (Å²) in [6.07, 6.45) is 14.9. The number of hydrogen-bond acceptors (Lipinski definition) is 3. The van der Waals surface area contributed by atoms with Crippen LogP contribution in [0.4, 0.5) is 5.69 Å². The zero-order valence-electron chi connectivity index (χ0n) is 21.6. The molecule has 3 aliphatic rings. The fraction of sp³-hybridized carbons (Fsp3) is 0.724. The van der Waals surface area contributed by atoms with E-state index >= 15 is 0 Å². The van der Waals surface area contributed by atoms with Crippen LogP contribution >= 0.6 is 11.3 Å². The first kappa shape index (κ1) is 25.5.